The molecule has 1 aliphatic heterocycles. The van der Waals surface area contributed by atoms with Gasteiger partial charge in [-0.1, -0.05) is 135 Å². The van der Waals surface area contributed by atoms with Crippen molar-refractivity contribution >= 4 is 11.4 Å². The molecule has 0 bridgehead atoms. The number of rotatable bonds is 25. The van der Waals surface area contributed by atoms with Gasteiger partial charge in [-0.05, 0) is 86.8 Å². The van der Waals surface area contributed by atoms with Crippen molar-refractivity contribution in [3.63, 3.8) is 0 Å². The Labute approximate surface area is 304 Å². The van der Waals surface area contributed by atoms with E-state index in [1.165, 1.54) is 140 Å². The minimum absolute atomic E-state index is 1.02. The van der Waals surface area contributed by atoms with Gasteiger partial charge in [0.2, 0.25) is 11.4 Å². The first kappa shape index (κ1) is 42.2. The van der Waals surface area contributed by atoms with Gasteiger partial charge in [0, 0.05) is 22.3 Å². The minimum atomic E-state index is 1.02. The Kier molecular flexibility index (Phi) is 23.6. The summed E-state index contributed by atoms with van der Waals surface area (Å²) in [5.41, 5.74) is 22.0. The van der Waals surface area contributed by atoms with Crippen LogP contribution in [0, 0.1) is 0 Å². The van der Waals surface area contributed by atoms with E-state index >= 15 is 0 Å². The van der Waals surface area contributed by atoms with Crippen LogP contribution in [0.3, 0.4) is 0 Å². The van der Waals surface area contributed by atoms with Gasteiger partial charge in [-0.15, -0.1) is 0 Å². The van der Waals surface area contributed by atoms with E-state index in [0.717, 1.165) is 49.9 Å². The fourth-order valence-electron chi connectivity index (χ4n) is 6.82. The number of hydrogen-bond donors (Lipinski definition) is 0. The van der Waals surface area contributed by atoms with Crippen LogP contribution in [0.1, 0.15) is 186 Å². The number of nitrogens with zero attached hydrogens (tertiary/aromatic N) is 2. The zero-order valence-corrected chi connectivity index (χ0v) is 33.1. The summed E-state index contributed by atoms with van der Waals surface area (Å²) in [4.78, 5) is 0. The summed E-state index contributed by atoms with van der Waals surface area (Å²) in [6.07, 6.45) is 26.0. The molecule has 0 spiro atoms. The molecule has 0 aromatic heterocycles. The molecule has 48 heavy (non-hydrogen) atoms. The van der Waals surface area contributed by atoms with Gasteiger partial charge in [-0.2, -0.15) is 0 Å². The molecule has 2 aromatic carbocycles. The second-order valence-electron chi connectivity index (χ2n) is 13.6. The summed E-state index contributed by atoms with van der Waals surface area (Å²) in [6.45, 7) is 13.5. The Hall–Kier alpha value is -1.99. The van der Waals surface area contributed by atoms with Crippen LogP contribution in [0.4, 0.5) is 0 Å². The molecule has 0 saturated heterocycles. The fraction of sp³-hybridized carbons (Fsp3) is 0.644. The quantitative estimate of drug-likeness (QED) is 0.0560. The molecule has 1 heterocycles. The zero-order valence-electron chi connectivity index (χ0n) is 32.1. The van der Waals surface area contributed by atoms with Crippen molar-refractivity contribution < 1.29 is 19.1 Å². The molecule has 2 nitrogen and oxygen atoms in total. The van der Waals surface area contributed by atoms with Crippen LogP contribution >= 0.6 is 0 Å². The van der Waals surface area contributed by atoms with Crippen molar-refractivity contribution in [2.24, 2.45) is 0 Å². The van der Waals surface area contributed by atoms with Crippen LogP contribution in [0.2, 0.25) is 10.8 Å². The van der Waals surface area contributed by atoms with Gasteiger partial charge in [-0.25, -0.2) is 4.70 Å². The fourth-order valence-corrected chi connectivity index (χ4v) is 7.31. The summed E-state index contributed by atoms with van der Waals surface area (Å²) >= 11 is 1.82. The monoisotopic (exact) mass is 699 g/mol. The second kappa shape index (κ2) is 26.8. The first-order chi connectivity index (χ1) is 23.6. The van der Waals surface area contributed by atoms with Gasteiger partial charge in [-0.3, -0.25) is 0 Å². The van der Waals surface area contributed by atoms with E-state index in [0.29, 0.717) is 0 Å². The van der Waals surface area contributed by atoms with Crippen molar-refractivity contribution in [3.05, 3.63) is 87.5 Å². The maximum absolute atomic E-state index is 12.0. The molecule has 0 fully saturated rings. The Balaban J connectivity index is 0.00000149. The van der Waals surface area contributed by atoms with Crippen LogP contribution in [0.15, 0.2) is 59.7 Å². The summed E-state index contributed by atoms with van der Waals surface area (Å²) in [7, 11) is 0. The normalized spacial score (nSPS) is 13.1. The van der Waals surface area contributed by atoms with E-state index in [9.17, 15) is 5.53 Å². The van der Waals surface area contributed by atoms with E-state index in [4.69, 9.17) is 0 Å². The molecular weight excluding hydrogens is 627 g/mol. The molecule has 0 saturated carbocycles. The predicted octanol–water partition coefficient (Wildman–Crippen LogP) is 15.4. The first-order valence-corrected chi connectivity index (χ1v) is 21.5. The predicted molar refractivity (Wildman–Crippen MR) is 209 cm³/mol. The van der Waals surface area contributed by atoms with E-state index in [1.54, 1.807) is 4.70 Å². The molecule has 2 aromatic rings. The number of allylic oxidation sites excluding steroid dienone is 2. The van der Waals surface area contributed by atoms with Crippen LogP contribution in [0.5, 0.6) is 0 Å². The van der Waals surface area contributed by atoms with Gasteiger partial charge >= 0.3 is 39.1 Å². The molecule has 0 aliphatic carbocycles. The molecule has 3 rings (SSSR count). The molecule has 3 heteroatoms. The maximum atomic E-state index is 12.0. The van der Waals surface area contributed by atoms with E-state index in [2.05, 4.69) is 90.1 Å². The van der Waals surface area contributed by atoms with Crippen molar-refractivity contribution in [3.8, 4) is 0 Å². The van der Waals surface area contributed by atoms with Gasteiger partial charge in [0.15, 0.2) is 0 Å². The molecule has 272 valence electrons. The van der Waals surface area contributed by atoms with Gasteiger partial charge in [0.05, 0.1) is 0 Å². The standard InChI is InChI=1S/C41H62N2.2C2H5.Ni/c1-5-9-13-15-17-20-24-34-26-22-28-36(32-34)40-38(30-12-8-4)39(31-19-11-7-3)41(43(40)42)37-29-23-27-35(33-37)25-21-18-16-14-10-6-2;2*1-2;/h22-23,26-29,32-33H,5-21,24-25,30-31H2,1-4H3;2*1H2,2H3;. The molecule has 0 amide bonds. The van der Waals surface area contributed by atoms with Crippen molar-refractivity contribution in [1.82, 2.24) is 0 Å². The molecular formula is C45H72N2Ni. The number of unbranched alkanes of at least 4 members (excludes halogenated alkanes) is 13. The zero-order chi connectivity index (χ0) is 34.8. The van der Waals surface area contributed by atoms with Crippen molar-refractivity contribution in [2.75, 3.05) is 0 Å². The summed E-state index contributed by atoms with van der Waals surface area (Å²) < 4.78 is 1.58. The van der Waals surface area contributed by atoms with Crippen molar-refractivity contribution in [2.45, 2.75) is 187 Å². The third kappa shape index (κ3) is 15.3. The third-order valence-electron chi connectivity index (χ3n) is 9.53. The average molecular weight is 700 g/mol. The Morgan fingerprint density at radius 1 is 0.458 bits per heavy atom. The molecule has 0 N–H and O–H groups in total. The number of hydrogen-bond acceptors (Lipinski definition) is 0. The topological polar surface area (TPSA) is 25.3 Å². The Bertz CT molecular complexity index is 1220. The van der Waals surface area contributed by atoms with Crippen molar-refractivity contribution in [1.29, 1.82) is 0 Å². The molecule has 1 aliphatic rings. The van der Waals surface area contributed by atoms with Crippen LogP contribution in [-0.4, -0.2) is 4.70 Å². The number of benzene rings is 2. The van der Waals surface area contributed by atoms with E-state index < -0.39 is 0 Å². The number of aryl methyl sites for hydroxylation is 2. The first-order valence-electron chi connectivity index (χ1n) is 20.1. The Morgan fingerprint density at radius 3 is 1.25 bits per heavy atom. The van der Waals surface area contributed by atoms with Crippen LogP contribution < -0.4 is 0 Å². The SMILES string of the molecule is CCCCCCCCc1cccc(C2=C(CCCC)C(CCCCC)=C(c3cccc(CCCCCCCC)c3)[N+]2=[N-])c1.C[CH2][Ni][CH2]C. The van der Waals surface area contributed by atoms with E-state index in [-0.39, 0.29) is 0 Å². The van der Waals surface area contributed by atoms with Gasteiger partial charge in [0.25, 0.3) is 0 Å². The Morgan fingerprint density at radius 2 is 0.833 bits per heavy atom. The second-order valence-corrected chi connectivity index (χ2v) is 15.5. The van der Waals surface area contributed by atoms with Gasteiger partial charge < -0.3 is 5.53 Å². The van der Waals surface area contributed by atoms with Gasteiger partial charge in [0.1, 0.15) is 0 Å². The molecule has 0 atom stereocenters. The molecule has 0 radical (unpaired) electrons. The van der Waals surface area contributed by atoms with Crippen LogP contribution in [0.25, 0.3) is 16.9 Å². The third-order valence-corrected chi connectivity index (χ3v) is 10.5. The van der Waals surface area contributed by atoms with E-state index in [1.807, 2.05) is 14.4 Å². The van der Waals surface area contributed by atoms with Crippen LogP contribution in [-0.2, 0) is 27.3 Å². The average Bonchev–Trinajstić information content (AvgIpc) is 3.38. The summed E-state index contributed by atoms with van der Waals surface area (Å²) in [5.74, 6) is 0. The molecule has 0 unspecified atom stereocenters. The summed E-state index contributed by atoms with van der Waals surface area (Å²) in [5, 5.41) is 2.56. The summed E-state index contributed by atoms with van der Waals surface area (Å²) in [6, 6.07) is 18.1.